The quantitative estimate of drug-likeness (QED) is 0.774. The van der Waals surface area contributed by atoms with Crippen LogP contribution in [0.5, 0.6) is 0 Å². The Morgan fingerprint density at radius 2 is 1.90 bits per heavy atom. The minimum atomic E-state index is -0.527. The van der Waals surface area contributed by atoms with E-state index in [9.17, 15) is 9.18 Å². The number of halogens is 1. The van der Waals surface area contributed by atoms with Gasteiger partial charge < -0.3 is 15.8 Å². The van der Waals surface area contributed by atoms with E-state index in [1.807, 2.05) is 13.8 Å². The van der Waals surface area contributed by atoms with Gasteiger partial charge in [-0.05, 0) is 30.5 Å². The lowest BCUT2D eigenvalue weighted by molar-refractivity contribution is -0.131. The molecule has 0 aromatic heterocycles. The molecule has 0 saturated carbocycles. The van der Waals surface area contributed by atoms with Gasteiger partial charge in [-0.1, -0.05) is 26.0 Å². The minimum Gasteiger partial charge on any atom is -0.375 e. The topological polar surface area (TPSA) is 64.4 Å². The average Bonchev–Trinajstić information content (AvgIpc) is 2.52. The van der Waals surface area contributed by atoms with E-state index in [0.717, 1.165) is 5.56 Å². The highest BCUT2D eigenvalue weighted by atomic mass is 19.1. The van der Waals surface area contributed by atoms with Crippen LogP contribution in [0, 0.1) is 11.2 Å². The van der Waals surface area contributed by atoms with Gasteiger partial charge in [-0.25, -0.2) is 4.39 Å². The molecule has 0 aliphatic carbocycles. The molecule has 0 fully saturated rings. The van der Waals surface area contributed by atoms with Crippen molar-refractivity contribution in [2.24, 2.45) is 11.1 Å². The number of amides is 1. The Labute approximate surface area is 125 Å². The summed E-state index contributed by atoms with van der Waals surface area (Å²) < 4.78 is 18.3. The Hall–Kier alpha value is -1.46. The summed E-state index contributed by atoms with van der Waals surface area (Å²) in [5.74, 6) is -0.351. The second-order valence-electron chi connectivity index (χ2n) is 5.18. The molecule has 0 saturated heterocycles. The summed E-state index contributed by atoms with van der Waals surface area (Å²) in [6.45, 7) is 4.58. The molecule has 0 heterocycles. The van der Waals surface area contributed by atoms with E-state index in [0.29, 0.717) is 25.9 Å². The van der Waals surface area contributed by atoms with E-state index in [-0.39, 0.29) is 17.8 Å². The van der Waals surface area contributed by atoms with E-state index >= 15 is 0 Å². The van der Waals surface area contributed by atoms with Crippen molar-refractivity contribution < 1.29 is 13.9 Å². The highest BCUT2D eigenvalue weighted by molar-refractivity contribution is 5.82. The Kier molecular flexibility index (Phi) is 6.78. The third-order valence-electron chi connectivity index (χ3n) is 4.20. The fraction of sp³-hybridized carbons (Fsp3) is 0.562. The van der Waals surface area contributed by atoms with Gasteiger partial charge in [0.2, 0.25) is 5.91 Å². The summed E-state index contributed by atoms with van der Waals surface area (Å²) in [7, 11) is 1.57. The highest BCUT2D eigenvalue weighted by Gasteiger charge is 2.33. The number of methoxy groups -OCH3 is 1. The van der Waals surface area contributed by atoms with Crippen LogP contribution < -0.4 is 11.1 Å². The van der Waals surface area contributed by atoms with E-state index in [1.54, 1.807) is 19.2 Å². The van der Waals surface area contributed by atoms with Gasteiger partial charge in [-0.15, -0.1) is 0 Å². The van der Waals surface area contributed by atoms with Gasteiger partial charge in [0.1, 0.15) is 5.82 Å². The minimum absolute atomic E-state index is 0.0563. The molecule has 21 heavy (non-hydrogen) atoms. The zero-order valence-corrected chi connectivity index (χ0v) is 13.0. The molecule has 1 aromatic rings. The third-order valence-corrected chi connectivity index (χ3v) is 4.20. The number of hydrogen-bond donors (Lipinski definition) is 2. The second-order valence-corrected chi connectivity index (χ2v) is 5.18. The first-order chi connectivity index (χ1) is 10.0. The molecular formula is C16H25FN2O2. The average molecular weight is 296 g/mol. The molecule has 118 valence electrons. The lowest BCUT2D eigenvalue weighted by Gasteiger charge is -2.29. The smallest absolute Gasteiger partial charge is 0.227 e. The second kappa shape index (κ2) is 8.10. The fourth-order valence-corrected chi connectivity index (χ4v) is 2.34. The zero-order chi connectivity index (χ0) is 15.9. The zero-order valence-electron chi connectivity index (χ0n) is 13.0. The van der Waals surface area contributed by atoms with Crippen LogP contribution in [0.4, 0.5) is 4.39 Å². The van der Waals surface area contributed by atoms with Crippen LogP contribution in [0.25, 0.3) is 0 Å². The van der Waals surface area contributed by atoms with Crippen LogP contribution in [-0.4, -0.2) is 26.1 Å². The van der Waals surface area contributed by atoms with Crippen molar-refractivity contribution in [2.75, 3.05) is 20.2 Å². The van der Waals surface area contributed by atoms with Crippen LogP contribution >= 0.6 is 0 Å². The molecule has 0 radical (unpaired) electrons. The number of ether oxygens (including phenoxy) is 1. The molecule has 1 unspecified atom stereocenters. The van der Waals surface area contributed by atoms with Crippen molar-refractivity contribution >= 4 is 5.91 Å². The van der Waals surface area contributed by atoms with Crippen molar-refractivity contribution in [1.29, 1.82) is 0 Å². The molecule has 1 aromatic carbocycles. The van der Waals surface area contributed by atoms with Gasteiger partial charge in [0.15, 0.2) is 0 Å². The predicted octanol–water partition coefficient (Wildman–Crippen LogP) is 2.39. The Bertz CT molecular complexity index is 436. The molecule has 4 nitrogen and oxygen atoms in total. The molecule has 1 rings (SSSR count). The summed E-state index contributed by atoms with van der Waals surface area (Å²) in [5.41, 5.74) is 6.06. The molecule has 1 atom stereocenters. The Balaban J connectivity index is 2.71. The molecule has 5 heteroatoms. The van der Waals surface area contributed by atoms with Crippen molar-refractivity contribution in [1.82, 2.24) is 5.32 Å². The van der Waals surface area contributed by atoms with Crippen LogP contribution in [0.2, 0.25) is 0 Å². The Morgan fingerprint density at radius 1 is 1.33 bits per heavy atom. The first kappa shape index (κ1) is 17.6. The van der Waals surface area contributed by atoms with Crippen LogP contribution in [0.3, 0.4) is 0 Å². The van der Waals surface area contributed by atoms with Gasteiger partial charge in [-0.3, -0.25) is 4.79 Å². The van der Waals surface area contributed by atoms with Crippen molar-refractivity contribution in [2.45, 2.75) is 32.8 Å². The summed E-state index contributed by atoms with van der Waals surface area (Å²) >= 11 is 0. The summed E-state index contributed by atoms with van der Waals surface area (Å²) in [6, 6.07) is 6.08. The van der Waals surface area contributed by atoms with Crippen molar-refractivity contribution in [3.8, 4) is 0 Å². The summed E-state index contributed by atoms with van der Waals surface area (Å²) in [5, 5.41) is 2.90. The van der Waals surface area contributed by atoms with E-state index in [4.69, 9.17) is 10.5 Å². The molecule has 3 N–H and O–H groups in total. The van der Waals surface area contributed by atoms with Gasteiger partial charge in [-0.2, -0.15) is 0 Å². The van der Waals surface area contributed by atoms with Crippen molar-refractivity contribution in [3.63, 3.8) is 0 Å². The van der Waals surface area contributed by atoms with E-state index in [2.05, 4.69) is 5.32 Å². The highest BCUT2D eigenvalue weighted by Crippen LogP contribution is 2.25. The van der Waals surface area contributed by atoms with Gasteiger partial charge in [0.25, 0.3) is 0 Å². The first-order valence-corrected chi connectivity index (χ1v) is 7.29. The molecule has 0 aliphatic heterocycles. The summed E-state index contributed by atoms with van der Waals surface area (Å²) in [4.78, 5) is 12.4. The van der Waals surface area contributed by atoms with Crippen molar-refractivity contribution in [3.05, 3.63) is 35.6 Å². The summed E-state index contributed by atoms with van der Waals surface area (Å²) in [6.07, 6.45) is 1.08. The molecule has 0 bridgehead atoms. The largest absolute Gasteiger partial charge is 0.375 e. The van der Waals surface area contributed by atoms with E-state index < -0.39 is 5.41 Å². The first-order valence-electron chi connectivity index (χ1n) is 7.29. The SMILES string of the molecule is CCC(CC)(CN)C(=O)NCC(OC)c1ccc(F)cc1. The van der Waals surface area contributed by atoms with Gasteiger partial charge in [0, 0.05) is 20.2 Å². The Morgan fingerprint density at radius 3 is 2.33 bits per heavy atom. The lowest BCUT2D eigenvalue weighted by Crippen LogP contribution is -2.46. The van der Waals surface area contributed by atoms with Crippen LogP contribution in [-0.2, 0) is 9.53 Å². The van der Waals surface area contributed by atoms with Crippen LogP contribution in [0.15, 0.2) is 24.3 Å². The lowest BCUT2D eigenvalue weighted by atomic mass is 9.81. The standard InChI is InChI=1S/C16H25FN2O2/c1-4-16(5-2,11-18)15(20)19-10-14(21-3)12-6-8-13(17)9-7-12/h6-9,14H,4-5,10-11,18H2,1-3H3,(H,19,20). The monoisotopic (exact) mass is 296 g/mol. The van der Waals surface area contributed by atoms with E-state index in [1.165, 1.54) is 12.1 Å². The van der Waals surface area contributed by atoms with Gasteiger partial charge >= 0.3 is 0 Å². The number of hydrogen-bond acceptors (Lipinski definition) is 3. The number of nitrogens with one attached hydrogen (secondary N) is 1. The fourth-order valence-electron chi connectivity index (χ4n) is 2.34. The number of carbonyl (C=O) groups is 1. The maximum absolute atomic E-state index is 12.9. The number of benzene rings is 1. The molecular weight excluding hydrogens is 271 g/mol. The molecule has 0 spiro atoms. The third kappa shape index (κ3) is 4.25. The number of nitrogens with two attached hydrogens (primary N) is 1. The van der Waals surface area contributed by atoms with Crippen LogP contribution in [0.1, 0.15) is 38.4 Å². The normalized spacial score (nSPS) is 13.0. The maximum atomic E-state index is 12.9. The maximum Gasteiger partial charge on any atom is 0.227 e. The molecule has 1 amide bonds. The predicted molar refractivity (Wildman–Crippen MR) is 81.2 cm³/mol. The van der Waals surface area contributed by atoms with Gasteiger partial charge in [0.05, 0.1) is 11.5 Å². The molecule has 0 aliphatic rings. The number of carbonyl (C=O) groups excluding carboxylic acids is 1. The number of rotatable bonds is 8.